The molecule has 0 bridgehead atoms. The first-order chi connectivity index (χ1) is 20.9. The Morgan fingerprint density at radius 1 is 0.884 bits per heavy atom. The monoisotopic (exact) mass is 572 g/mol. The molecule has 3 amide bonds. The number of rotatable bonds is 5. The molecular weight excluding hydrogens is 540 g/mol. The summed E-state index contributed by atoms with van der Waals surface area (Å²) >= 11 is 0. The van der Waals surface area contributed by atoms with E-state index < -0.39 is 23.9 Å². The highest BCUT2D eigenvalue weighted by Crippen LogP contribution is 2.45. The van der Waals surface area contributed by atoms with Gasteiger partial charge in [-0.2, -0.15) is 10.2 Å². The number of hydrazone groups is 1. The Bertz CT molecular complexity index is 1680. The Balaban J connectivity index is 1.19. The minimum absolute atomic E-state index is 0.0494. The van der Waals surface area contributed by atoms with Gasteiger partial charge in [0.15, 0.2) is 12.1 Å². The van der Waals surface area contributed by atoms with Crippen molar-refractivity contribution in [1.82, 2.24) is 10.0 Å². The van der Waals surface area contributed by atoms with Gasteiger partial charge in [-0.25, -0.2) is 9.91 Å². The van der Waals surface area contributed by atoms with Crippen molar-refractivity contribution in [2.24, 2.45) is 21.4 Å². The smallest absolute Gasteiger partial charge is 0.264 e. The number of carbonyl (C=O) groups is 3. The molecule has 3 heterocycles. The van der Waals surface area contributed by atoms with Crippen molar-refractivity contribution in [1.29, 1.82) is 0 Å². The second kappa shape index (κ2) is 10.7. The van der Waals surface area contributed by atoms with E-state index in [1.54, 1.807) is 29.3 Å². The minimum atomic E-state index is -0.968. The number of para-hydroxylation sites is 1. The van der Waals surface area contributed by atoms with Crippen LogP contribution in [0.15, 0.2) is 99.9 Å². The third kappa shape index (κ3) is 4.74. The zero-order valence-electron chi connectivity index (χ0n) is 24.1. The van der Waals surface area contributed by atoms with E-state index in [4.69, 9.17) is 5.10 Å². The van der Waals surface area contributed by atoms with Crippen LogP contribution in [0.1, 0.15) is 47.6 Å². The van der Waals surface area contributed by atoms with Gasteiger partial charge in [-0.1, -0.05) is 83.1 Å². The summed E-state index contributed by atoms with van der Waals surface area (Å²) in [6.45, 7) is 3.90. The summed E-state index contributed by atoms with van der Waals surface area (Å²) in [5.74, 6) is -1.11. The van der Waals surface area contributed by atoms with Crippen molar-refractivity contribution in [3.8, 4) is 0 Å². The molecule has 3 aliphatic heterocycles. The van der Waals surface area contributed by atoms with Gasteiger partial charge >= 0.3 is 0 Å². The average molecular weight is 573 g/mol. The van der Waals surface area contributed by atoms with Gasteiger partial charge in [0.1, 0.15) is 6.54 Å². The van der Waals surface area contributed by atoms with E-state index in [1.165, 1.54) is 10.6 Å². The van der Waals surface area contributed by atoms with Gasteiger partial charge < -0.3 is 0 Å². The first-order valence-electron chi connectivity index (χ1n) is 14.7. The predicted octanol–water partition coefficient (Wildman–Crippen LogP) is 5.42. The molecule has 1 saturated heterocycles. The van der Waals surface area contributed by atoms with Crippen LogP contribution in [0.5, 0.6) is 0 Å². The van der Waals surface area contributed by atoms with Crippen LogP contribution in [-0.2, 0) is 14.4 Å². The molecule has 1 aliphatic carbocycles. The Kier molecular flexibility index (Phi) is 6.72. The molecule has 0 aromatic heterocycles. The third-order valence-electron chi connectivity index (χ3n) is 8.76. The highest BCUT2D eigenvalue weighted by Gasteiger charge is 2.55. The number of amides is 3. The third-order valence-corrected chi connectivity index (χ3v) is 8.76. The van der Waals surface area contributed by atoms with Crippen LogP contribution < -0.4 is 4.90 Å². The van der Waals surface area contributed by atoms with E-state index in [0.717, 1.165) is 52.1 Å². The van der Waals surface area contributed by atoms with Crippen molar-refractivity contribution in [2.75, 3.05) is 11.4 Å². The number of hydrogen-bond donors (Lipinski definition) is 0. The number of benzene rings is 3. The standard InChI is InChI=1S/C34H32N6O3/c1-21-11-15-23(16-12-21)19-25-7-6-10-27-29(25)36-40(31(27)24-17-13-22(2)14-18-24)28(41)20-38-32-30(35-37-38)33(42)39(34(32)43)26-8-4-3-5-9-26/h3-5,8-9,11-19,27,30-32H,6-7,10,20H2,1-2H3/b25-19+/t27-,30-,31-,32+/m0/s1. The lowest BCUT2D eigenvalue weighted by Crippen LogP contribution is -2.45. The average Bonchev–Trinajstić information content (AvgIpc) is 3.68. The van der Waals surface area contributed by atoms with E-state index in [1.807, 2.05) is 13.0 Å². The lowest BCUT2D eigenvalue weighted by molar-refractivity contribution is -0.136. The molecule has 3 aromatic carbocycles. The van der Waals surface area contributed by atoms with E-state index in [0.29, 0.717) is 5.69 Å². The van der Waals surface area contributed by atoms with Crippen LogP contribution in [0.3, 0.4) is 0 Å². The summed E-state index contributed by atoms with van der Waals surface area (Å²) < 4.78 is 0. The van der Waals surface area contributed by atoms with Crippen molar-refractivity contribution >= 4 is 35.2 Å². The molecule has 7 rings (SSSR count). The first kappa shape index (κ1) is 26.9. The number of imide groups is 1. The van der Waals surface area contributed by atoms with Gasteiger partial charge in [0, 0.05) is 5.92 Å². The number of fused-ring (bicyclic) bond motifs is 2. The first-order valence-corrected chi connectivity index (χ1v) is 14.7. The lowest BCUT2D eigenvalue weighted by atomic mass is 9.77. The van der Waals surface area contributed by atoms with Crippen molar-refractivity contribution in [2.45, 2.75) is 51.2 Å². The zero-order valence-corrected chi connectivity index (χ0v) is 24.1. The molecule has 43 heavy (non-hydrogen) atoms. The van der Waals surface area contributed by atoms with Gasteiger partial charge in [-0.15, -0.1) is 0 Å². The summed E-state index contributed by atoms with van der Waals surface area (Å²) in [6.07, 6.45) is 4.99. The number of hydrogen-bond acceptors (Lipinski definition) is 7. The quantitative estimate of drug-likeness (QED) is 0.381. The molecule has 9 heteroatoms. The Morgan fingerprint density at radius 3 is 2.30 bits per heavy atom. The maximum Gasteiger partial charge on any atom is 0.264 e. The van der Waals surface area contributed by atoms with Gasteiger partial charge in [-0.3, -0.25) is 19.4 Å². The second-order valence-electron chi connectivity index (χ2n) is 11.7. The van der Waals surface area contributed by atoms with Crippen LogP contribution in [0, 0.1) is 19.8 Å². The molecule has 0 N–H and O–H groups in total. The van der Waals surface area contributed by atoms with Gasteiger partial charge in [0.2, 0.25) is 0 Å². The SMILES string of the molecule is Cc1ccc(/C=C2\CCC[C@H]3C2=NN(C(=O)CN2N=N[C@@H]4C(=O)N(c5ccccc5)C(=O)[C@@H]42)[C@H]3c2ccc(C)cc2)cc1. The number of aryl methyl sites for hydroxylation is 2. The number of allylic oxidation sites excluding steroid dienone is 1. The van der Waals surface area contributed by atoms with Crippen LogP contribution in [0.2, 0.25) is 0 Å². The van der Waals surface area contributed by atoms with E-state index in [9.17, 15) is 14.4 Å². The Labute approximate surface area is 250 Å². The van der Waals surface area contributed by atoms with Crippen LogP contribution in [-0.4, -0.2) is 52.1 Å². The number of nitrogens with zero attached hydrogens (tertiary/aromatic N) is 6. The molecule has 9 nitrogen and oxygen atoms in total. The molecule has 0 spiro atoms. The summed E-state index contributed by atoms with van der Waals surface area (Å²) in [6, 6.07) is 23.2. The molecule has 4 atom stereocenters. The van der Waals surface area contributed by atoms with E-state index in [2.05, 4.69) is 71.9 Å². The zero-order chi connectivity index (χ0) is 29.7. The predicted molar refractivity (Wildman–Crippen MR) is 163 cm³/mol. The fourth-order valence-corrected chi connectivity index (χ4v) is 6.56. The lowest BCUT2D eigenvalue weighted by Gasteiger charge is -2.30. The van der Waals surface area contributed by atoms with E-state index in [-0.39, 0.29) is 24.4 Å². The summed E-state index contributed by atoms with van der Waals surface area (Å²) in [5, 5.41) is 16.2. The maximum atomic E-state index is 14.1. The summed E-state index contributed by atoms with van der Waals surface area (Å²) in [7, 11) is 0. The fraction of sp³-hybridized carbons (Fsp3) is 0.294. The summed E-state index contributed by atoms with van der Waals surface area (Å²) in [4.78, 5) is 41.8. The van der Waals surface area contributed by atoms with Gasteiger partial charge in [0.05, 0.1) is 17.4 Å². The minimum Gasteiger partial charge on any atom is -0.271 e. The molecule has 1 saturated carbocycles. The largest absolute Gasteiger partial charge is 0.271 e. The molecule has 4 aliphatic rings. The van der Waals surface area contributed by atoms with Crippen molar-refractivity contribution in [3.63, 3.8) is 0 Å². The fourth-order valence-electron chi connectivity index (χ4n) is 6.56. The Morgan fingerprint density at radius 2 is 1.58 bits per heavy atom. The van der Waals surface area contributed by atoms with Crippen molar-refractivity contribution in [3.05, 3.63) is 107 Å². The molecule has 2 fully saturated rings. The summed E-state index contributed by atoms with van der Waals surface area (Å²) in [5.41, 5.74) is 7.03. The second-order valence-corrected chi connectivity index (χ2v) is 11.7. The number of anilines is 1. The van der Waals surface area contributed by atoms with Crippen LogP contribution in [0.4, 0.5) is 5.69 Å². The molecule has 0 unspecified atom stereocenters. The van der Waals surface area contributed by atoms with Gasteiger partial charge in [-0.05, 0) is 68.0 Å². The van der Waals surface area contributed by atoms with Crippen LogP contribution >= 0.6 is 0 Å². The number of carbonyl (C=O) groups excluding carboxylic acids is 3. The topological polar surface area (TPSA) is 98.0 Å². The van der Waals surface area contributed by atoms with Gasteiger partial charge in [0.25, 0.3) is 17.7 Å². The normalized spacial score (nSPS) is 25.4. The highest BCUT2D eigenvalue weighted by atomic mass is 16.2. The molecule has 0 radical (unpaired) electrons. The maximum absolute atomic E-state index is 14.1. The molecular formula is C34H32N6O3. The molecule has 3 aromatic rings. The van der Waals surface area contributed by atoms with E-state index >= 15 is 0 Å². The van der Waals surface area contributed by atoms with Crippen molar-refractivity contribution < 1.29 is 14.4 Å². The van der Waals surface area contributed by atoms with Crippen LogP contribution in [0.25, 0.3) is 6.08 Å². The highest BCUT2D eigenvalue weighted by molar-refractivity contribution is 6.25. The Hall–Kier alpha value is -4.92. The molecule has 216 valence electrons.